The largest absolute Gasteiger partial charge is 0.481 e. The van der Waals surface area contributed by atoms with E-state index in [0.29, 0.717) is 19.4 Å². The Labute approximate surface area is 106 Å². The molecule has 1 saturated heterocycles. The first-order valence-electron chi connectivity index (χ1n) is 5.94. The predicted octanol–water partition coefficient (Wildman–Crippen LogP) is -0.230. The number of carbonyl (C=O) groups excluding carboxylic acids is 2. The molecular formula is C11H19N3O4. The van der Waals surface area contributed by atoms with Crippen LogP contribution in [0.1, 0.15) is 26.2 Å². The summed E-state index contributed by atoms with van der Waals surface area (Å²) in [6.45, 7) is 2.36. The van der Waals surface area contributed by atoms with Gasteiger partial charge in [-0.3, -0.25) is 9.59 Å². The molecule has 3 amide bonds. The lowest BCUT2D eigenvalue weighted by molar-refractivity contribution is -0.137. The highest BCUT2D eigenvalue weighted by Gasteiger charge is 2.30. The maximum absolute atomic E-state index is 11.6. The van der Waals surface area contributed by atoms with Gasteiger partial charge in [-0.2, -0.15) is 0 Å². The number of rotatable bonds is 5. The fourth-order valence-electron chi connectivity index (χ4n) is 1.79. The number of amides is 3. The van der Waals surface area contributed by atoms with Crippen molar-refractivity contribution < 1.29 is 19.5 Å². The van der Waals surface area contributed by atoms with Crippen molar-refractivity contribution in [1.29, 1.82) is 0 Å². The Kier molecular flexibility index (Phi) is 4.94. The fourth-order valence-corrected chi connectivity index (χ4v) is 1.79. The molecule has 7 heteroatoms. The SMILES string of the molecule is CC(CCC(=O)O)NC(=O)NC1CCN(C)C1=O. The third-order valence-corrected chi connectivity index (χ3v) is 2.90. The number of carboxylic acids is 1. The fraction of sp³-hybridized carbons (Fsp3) is 0.727. The van der Waals surface area contributed by atoms with Crippen LogP contribution in [0.15, 0.2) is 0 Å². The Morgan fingerprint density at radius 3 is 2.72 bits per heavy atom. The van der Waals surface area contributed by atoms with Gasteiger partial charge in [-0.15, -0.1) is 0 Å². The van der Waals surface area contributed by atoms with Gasteiger partial charge in [0.1, 0.15) is 6.04 Å². The van der Waals surface area contributed by atoms with Crippen LogP contribution in [-0.4, -0.2) is 53.6 Å². The number of carbonyl (C=O) groups is 3. The molecule has 1 fully saturated rings. The number of nitrogens with zero attached hydrogens (tertiary/aromatic N) is 1. The standard InChI is InChI=1S/C11H19N3O4/c1-7(3-4-9(15)16)12-11(18)13-8-5-6-14(2)10(8)17/h7-8H,3-6H2,1-2H3,(H,15,16)(H2,12,13,18). The summed E-state index contributed by atoms with van der Waals surface area (Å²) in [7, 11) is 1.69. The van der Waals surface area contributed by atoms with Crippen LogP contribution in [0.3, 0.4) is 0 Å². The van der Waals surface area contributed by atoms with Gasteiger partial charge in [0.05, 0.1) is 0 Å². The van der Waals surface area contributed by atoms with Gasteiger partial charge < -0.3 is 20.6 Å². The van der Waals surface area contributed by atoms with Gasteiger partial charge >= 0.3 is 12.0 Å². The van der Waals surface area contributed by atoms with E-state index >= 15 is 0 Å². The molecule has 0 bridgehead atoms. The summed E-state index contributed by atoms with van der Waals surface area (Å²) in [5.41, 5.74) is 0. The summed E-state index contributed by atoms with van der Waals surface area (Å²) in [4.78, 5) is 35.1. The first-order chi connectivity index (χ1) is 8.40. The number of hydrogen-bond acceptors (Lipinski definition) is 3. The molecule has 7 nitrogen and oxygen atoms in total. The lowest BCUT2D eigenvalue weighted by Gasteiger charge is -2.16. The second kappa shape index (κ2) is 6.23. The predicted molar refractivity (Wildman–Crippen MR) is 64.0 cm³/mol. The second-order valence-corrected chi connectivity index (χ2v) is 4.55. The van der Waals surface area contributed by atoms with Gasteiger partial charge in [-0.25, -0.2) is 4.79 Å². The van der Waals surface area contributed by atoms with Crippen LogP contribution < -0.4 is 10.6 Å². The number of nitrogens with one attached hydrogen (secondary N) is 2. The van der Waals surface area contributed by atoms with Crippen molar-refractivity contribution in [3.05, 3.63) is 0 Å². The van der Waals surface area contributed by atoms with E-state index < -0.39 is 18.0 Å². The molecule has 0 aromatic heterocycles. The smallest absolute Gasteiger partial charge is 0.315 e. The Bertz CT molecular complexity index is 345. The van der Waals surface area contributed by atoms with E-state index in [2.05, 4.69) is 10.6 Å². The number of likely N-dealkylation sites (N-methyl/N-ethyl adjacent to an activating group) is 1. The maximum atomic E-state index is 11.6. The third kappa shape index (κ3) is 4.23. The Balaban J connectivity index is 2.29. The monoisotopic (exact) mass is 257 g/mol. The summed E-state index contributed by atoms with van der Waals surface area (Å²) >= 11 is 0. The van der Waals surface area contributed by atoms with Crippen LogP contribution in [0.2, 0.25) is 0 Å². The lowest BCUT2D eigenvalue weighted by atomic mass is 10.2. The van der Waals surface area contributed by atoms with Gasteiger partial charge in [0, 0.05) is 26.1 Å². The summed E-state index contributed by atoms with van der Waals surface area (Å²) in [6, 6.07) is -1.14. The quantitative estimate of drug-likeness (QED) is 0.633. The summed E-state index contributed by atoms with van der Waals surface area (Å²) in [5, 5.41) is 13.7. The topological polar surface area (TPSA) is 98.7 Å². The summed E-state index contributed by atoms with van der Waals surface area (Å²) in [6.07, 6.45) is 0.972. The molecule has 2 atom stereocenters. The number of hydrogen-bond donors (Lipinski definition) is 3. The molecule has 0 aromatic rings. The minimum atomic E-state index is -0.892. The van der Waals surface area contributed by atoms with Gasteiger partial charge in [-0.05, 0) is 19.8 Å². The van der Waals surface area contributed by atoms with Crippen LogP contribution in [0, 0.1) is 0 Å². The molecule has 0 aliphatic carbocycles. The van der Waals surface area contributed by atoms with E-state index in [1.807, 2.05) is 0 Å². The zero-order valence-corrected chi connectivity index (χ0v) is 10.6. The molecule has 1 aliphatic rings. The highest BCUT2D eigenvalue weighted by molar-refractivity contribution is 5.88. The first-order valence-corrected chi connectivity index (χ1v) is 5.94. The van der Waals surface area contributed by atoms with E-state index in [4.69, 9.17) is 5.11 Å². The van der Waals surface area contributed by atoms with Crippen LogP contribution in [0.25, 0.3) is 0 Å². The molecular weight excluding hydrogens is 238 g/mol. The van der Waals surface area contributed by atoms with Gasteiger partial charge in [0.15, 0.2) is 0 Å². The molecule has 0 saturated carbocycles. The van der Waals surface area contributed by atoms with Crippen LogP contribution in [-0.2, 0) is 9.59 Å². The van der Waals surface area contributed by atoms with Crippen molar-refractivity contribution in [2.24, 2.45) is 0 Å². The molecule has 3 N–H and O–H groups in total. The van der Waals surface area contributed by atoms with Crippen molar-refractivity contribution in [3.63, 3.8) is 0 Å². The molecule has 0 aromatic carbocycles. The first kappa shape index (κ1) is 14.3. The Morgan fingerprint density at radius 2 is 2.22 bits per heavy atom. The minimum Gasteiger partial charge on any atom is -0.481 e. The lowest BCUT2D eigenvalue weighted by Crippen LogP contribution is -2.48. The van der Waals surface area contributed by atoms with Gasteiger partial charge in [0.25, 0.3) is 0 Å². The van der Waals surface area contributed by atoms with Crippen molar-refractivity contribution in [1.82, 2.24) is 15.5 Å². The number of urea groups is 1. The van der Waals surface area contributed by atoms with E-state index in [0.717, 1.165) is 0 Å². The molecule has 2 unspecified atom stereocenters. The van der Waals surface area contributed by atoms with E-state index in [-0.39, 0.29) is 18.4 Å². The van der Waals surface area contributed by atoms with Crippen molar-refractivity contribution in [2.75, 3.05) is 13.6 Å². The Hall–Kier alpha value is -1.79. The van der Waals surface area contributed by atoms with E-state index in [1.165, 1.54) is 0 Å². The molecule has 1 rings (SSSR count). The zero-order valence-electron chi connectivity index (χ0n) is 10.6. The summed E-state index contributed by atoms with van der Waals surface area (Å²) < 4.78 is 0. The maximum Gasteiger partial charge on any atom is 0.315 e. The summed E-state index contributed by atoms with van der Waals surface area (Å²) in [5.74, 6) is -0.986. The molecule has 18 heavy (non-hydrogen) atoms. The minimum absolute atomic E-state index is 0.00649. The van der Waals surface area contributed by atoms with E-state index in [1.54, 1.807) is 18.9 Å². The van der Waals surface area contributed by atoms with Crippen LogP contribution >= 0.6 is 0 Å². The zero-order chi connectivity index (χ0) is 13.7. The average molecular weight is 257 g/mol. The van der Waals surface area contributed by atoms with Gasteiger partial charge in [-0.1, -0.05) is 0 Å². The highest BCUT2D eigenvalue weighted by Crippen LogP contribution is 2.08. The van der Waals surface area contributed by atoms with Crippen LogP contribution in [0.4, 0.5) is 4.79 Å². The molecule has 0 spiro atoms. The number of likely N-dealkylation sites (tertiary alicyclic amines) is 1. The van der Waals surface area contributed by atoms with Crippen molar-refractivity contribution in [2.45, 2.75) is 38.3 Å². The molecule has 1 aliphatic heterocycles. The highest BCUT2D eigenvalue weighted by atomic mass is 16.4. The third-order valence-electron chi connectivity index (χ3n) is 2.90. The second-order valence-electron chi connectivity index (χ2n) is 4.55. The molecule has 1 heterocycles. The normalized spacial score (nSPS) is 20.7. The molecule has 102 valence electrons. The Morgan fingerprint density at radius 1 is 1.56 bits per heavy atom. The van der Waals surface area contributed by atoms with Crippen molar-refractivity contribution in [3.8, 4) is 0 Å². The van der Waals surface area contributed by atoms with Crippen molar-refractivity contribution >= 4 is 17.9 Å². The van der Waals surface area contributed by atoms with E-state index in [9.17, 15) is 14.4 Å². The number of aliphatic carboxylic acids is 1. The van der Waals surface area contributed by atoms with Gasteiger partial charge in [0.2, 0.25) is 5.91 Å². The average Bonchev–Trinajstić information content (AvgIpc) is 2.58. The number of carboxylic acid groups (broad SMARTS) is 1. The van der Waals surface area contributed by atoms with Crippen LogP contribution in [0.5, 0.6) is 0 Å². The molecule has 0 radical (unpaired) electrons.